The molecule has 1 rings (SSSR count). The predicted molar refractivity (Wildman–Crippen MR) is 80.4 cm³/mol. The Hall–Kier alpha value is -2.08. The fourth-order valence-corrected chi connectivity index (χ4v) is 2.07. The van der Waals surface area contributed by atoms with Gasteiger partial charge in [-0.1, -0.05) is 30.3 Å². The van der Waals surface area contributed by atoms with Gasteiger partial charge < -0.3 is 10.1 Å². The number of hydrogen-bond acceptors (Lipinski definition) is 4. The van der Waals surface area contributed by atoms with Gasteiger partial charge in [0, 0.05) is 5.56 Å². The summed E-state index contributed by atoms with van der Waals surface area (Å²) < 4.78 is 4.68. The summed E-state index contributed by atoms with van der Waals surface area (Å²) in [5, 5.41) is 3.58. The number of amidine groups is 1. The lowest BCUT2D eigenvalue weighted by Crippen LogP contribution is -2.25. The van der Waals surface area contributed by atoms with Gasteiger partial charge in [-0.05, 0) is 13.2 Å². The summed E-state index contributed by atoms with van der Waals surface area (Å²) >= 11 is 1.34. The van der Waals surface area contributed by atoms with Crippen LogP contribution in [0.25, 0.3) is 0 Å². The van der Waals surface area contributed by atoms with Crippen LogP contribution < -0.4 is 5.32 Å². The first kappa shape index (κ1) is 16.0. The summed E-state index contributed by atoms with van der Waals surface area (Å²) in [5.74, 6) is -0.0476. The highest BCUT2D eigenvalue weighted by Gasteiger charge is 2.13. The molecule has 6 heteroatoms. The van der Waals surface area contributed by atoms with Gasteiger partial charge in [0.2, 0.25) is 6.41 Å². The van der Waals surface area contributed by atoms with Gasteiger partial charge in [-0.2, -0.15) is 4.99 Å². The lowest BCUT2D eigenvalue weighted by Gasteiger charge is -2.13. The van der Waals surface area contributed by atoms with E-state index in [2.05, 4.69) is 15.0 Å². The first-order chi connectivity index (χ1) is 9.63. The summed E-state index contributed by atoms with van der Waals surface area (Å²) in [6.45, 7) is 1.65. The normalized spacial score (nSPS) is 12.4. The van der Waals surface area contributed by atoms with Crippen molar-refractivity contribution in [3.05, 3.63) is 46.5 Å². The topological polar surface area (TPSA) is 67.8 Å². The number of esters is 1. The van der Waals surface area contributed by atoms with Crippen LogP contribution in [0.15, 0.2) is 45.9 Å². The van der Waals surface area contributed by atoms with Crippen molar-refractivity contribution in [2.24, 2.45) is 4.99 Å². The minimum atomic E-state index is -0.430. The SMILES string of the molecule is COC(=O)/C(C)=C(/N/C(=N\C=O)c1ccccc1)SC. The second-order valence-corrected chi connectivity index (χ2v) is 4.54. The number of nitrogens with zero attached hydrogens (tertiary/aromatic N) is 1. The zero-order valence-corrected chi connectivity index (χ0v) is 12.4. The van der Waals surface area contributed by atoms with Gasteiger partial charge in [0.25, 0.3) is 0 Å². The number of benzene rings is 1. The van der Waals surface area contributed by atoms with E-state index in [0.717, 1.165) is 5.56 Å². The van der Waals surface area contributed by atoms with E-state index < -0.39 is 5.97 Å². The molecule has 1 N–H and O–H groups in total. The third kappa shape index (κ3) is 4.24. The van der Waals surface area contributed by atoms with E-state index in [-0.39, 0.29) is 0 Å². The second kappa shape index (κ2) is 8.16. The molecule has 0 saturated carbocycles. The maximum absolute atomic E-state index is 11.5. The first-order valence-corrected chi connectivity index (χ1v) is 7.03. The number of nitrogens with one attached hydrogen (secondary N) is 1. The molecule has 5 nitrogen and oxygen atoms in total. The molecule has 106 valence electrons. The van der Waals surface area contributed by atoms with Crippen LogP contribution >= 0.6 is 11.8 Å². The predicted octanol–water partition coefficient (Wildman–Crippen LogP) is 1.95. The number of carbonyl (C=O) groups excluding carboxylic acids is 2. The fourth-order valence-electron chi connectivity index (χ4n) is 1.48. The molecule has 0 heterocycles. The Labute approximate surface area is 122 Å². The molecule has 1 aromatic rings. The largest absolute Gasteiger partial charge is 0.466 e. The third-order valence-electron chi connectivity index (χ3n) is 2.50. The molecule has 0 aliphatic heterocycles. The summed E-state index contributed by atoms with van der Waals surface area (Å²) in [5.41, 5.74) is 1.18. The van der Waals surface area contributed by atoms with Crippen molar-refractivity contribution in [2.75, 3.05) is 13.4 Å². The molecule has 0 aliphatic carbocycles. The standard InChI is InChI=1S/C14H16N2O3S/c1-10(14(18)19-2)13(20-3)16-12(15-9-17)11-7-5-4-6-8-11/h4-9H,1-3H3,(H,15,16,17)/b13-10-. The maximum atomic E-state index is 11.5. The lowest BCUT2D eigenvalue weighted by atomic mass is 10.2. The molecule has 0 bridgehead atoms. The average Bonchev–Trinajstić information content (AvgIpc) is 2.50. The second-order valence-electron chi connectivity index (χ2n) is 3.72. The van der Waals surface area contributed by atoms with Crippen molar-refractivity contribution < 1.29 is 14.3 Å². The average molecular weight is 292 g/mol. The minimum absolute atomic E-state index is 0.383. The van der Waals surface area contributed by atoms with Crippen LogP contribution in [-0.4, -0.2) is 31.6 Å². The van der Waals surface area contributed by atoms with Gasteiger partial charge in [0.1, 0.15) is 5.84 Å². The summed E-state index contributed by atoms with van der Waals surface area (Å²) in [7, 11) is 1.32. The number of methoxy groups -OCH3 is 1. The molecule has 20 heavy (non-hydrogen) atoms. The zero-order valence-electron chi connectivity index (χ0n) is 11.5. The van der Waals surface area contributed by atoms with Crippen molar-refractivity contribution in [2.45, 2.75) is 6.92 Å². The molecular weight excluding hydrogens is 276 g/mol. The van der Waals surface area contributed by atoms with Gasteiger partial charge in [-0.15, -0.1) is 11.8 Å². The van der Waals surface area contributed by atoms with E-state index >= 15 is 0 Å². The lowest BCUT2D eigenvalue weighted by molar-refractivity contribution is -0.136. The number of aliphatic imine (C=N–C) groups is 1. The quantitative estimate of drug-likeness (QED) is 0.295. The van der Waals surface area contributed by atoms with Crippen LogP contribution in [0.4, 0.5) is 0 Å². The molecule has 1 aromatic carbocycles. The molecule has 0 unspecified atom stereocenters. The number of ether oxygens (including phenoxy) is 1. The maximum Gasteiger partial charge on any atom is 0.336 e. The highest BCUT2D eigenvalue weighted by molar-refractivity contribution is 8.02. The van der Waals surface area contributed by atoms with Crippen molar-refractivity contribution in [3.8, 4) is 0 Å². The Kier molecular flexibility index (Phi) is 6.52. The molecular formula is C14H16N2O3S. The minimum Gasteiger partial charge on any atom is -0.466 e. The van der Waals surface area contributed by atoms with Crippen LogP contribution in [0.2, 0.25) is 0 Å². The molecule has 0 atom stereocenters. The first-order valence-electron chi connectivity index (χ1n) is 5.81. The van der Waals surface area contributed by atoms with E-state index in [1.54, 1.807) is 6.92 Å². The Morgan fingerprint density at radius 2 is 2.00 bits per heavy atom. The van der Waals surface area contributed by atoms with Crippen LogP contribution in [0.3, 0.4) is 0 Å². The van der Waals surface area contributed by atoms with E-state index in [0.29, 0.717) is 22.8 Å². The van der Waals surface area contributed by atoms with Crippen LogP contribution in [0.1, 0.15) is 12.5 Å². The van der Waals surface area contributed by atoms with Gasteiger partial charge in [0.15, 0.2) is 0 Å². The highest BCUT2D eigenvalue weighted by Crippen LogP contribution is 2.16. The van der Waals surface area contributed by atoms with E-state index in [9.17, 15) is 9.59 Å². The van der Waals surface area contributed by atoms with Crippen LogP contribution in [0.5, 0.6) is 0 Å². The third-order valence-corrected chi connectivity index (χ3v) is 3.31. The summed E-state index contributed by atoms with van der Waals surface area (Å²) in [6, 6.07) is 9.19. The van der Waals surface area contributed by atoms with E-state index in [1.165, 1.54) is 18.9 Å². The Morgan fingerprint density at radius 3 is 2.50 bits per heavy atom. The number of hydrogen-bond donors (Lipinski definition) is 1. The number of amides is 1. The summed E-state index contributed by atoms with van der Waals surface area (Å²) in [4.78, 5) is 26.0. The van der Waals surface area contributed by atoms with Gasteiger partial charge in [-0.3, -0.25) is 4.79 Å². The molecule has 0 aromatic heterocycles. The summed E-state index contributed by atoms with van der Waals surface area (Å²) in [6.07, 6.45) is 2.28. The Bertz CT molecular complexity index is 539. The van der Waals surface area contributed by atoms with Gasteiger partial charge in [-0.25, -0.2) is 4.79 Å². The van der Waals surface area contributed by atoms with Gasteiger partial charge >= 0.3 is 5.97 Å². The van der Waals surface area contributed by atoms with Gasteiger partial charge in [0.05, 0.1) is 17.7 Å². The number of thioether (sulfide) groups is 1. The van der Waals surface area contributed by atoms with Crippen LogP contribution in [-0.2, 0) is 14.3 Å². The molecule has 0 aliphatic rings. The van der Waals surface area contributed by atoms with E-state index in [4.69, 9.17) is 0 Å². The Morgan fingerprint density at radius 1 is 1.35 bits per heavy atom. The number of rotatable bonds is 5. The molecule has 0 spiro atoms. The molecule has 1 amide bonds. The number of carbonyl (C=O) groups is 2. The zero-order chi connectivity index (χ0) is 15.0. The smallest absolute Gasteiger partial charge is 0.336 e. The molecule has 0 radical (unpaired) electrons. The molecule has 0 fully saturated rings. The molecule has 0 saturated heterocycles. The van der Waals surface area contributed by atoms with Crippen LogP contribution in [0, 0.1) is 0 Å². The van der Waals surface area contributed by atoms with Crippen molar-refractivity contribution >= 4 is 30.0 Å². The van der Waals surface area contributed by atoms with Crippen molar-refractivity contribution in [1.29, 1.82) is 0 Å². The fraction of sp³-hybridized carbons (Fsp3) is 0.214. The Balaban J connectivity index is 3.10. The van der Waals surface area contributed by atoms with Crippen molar-refractivity contribution in [1.82, 2.24) is 5.32 Å². The van der Waals surface area contributed by atoms with E-state index in [1.807, 2.05) is 36.6 Å². The van der Waals surface area contributed by atoms with Crippen molar-refractivity contribution in [3.63, 3.8) is 0 Å². The monoisotopic (exact) mass is 292 g/mol. The highest BCUT2D eigenvalue weighted by atomic mass is 32.2.